The van der Waals surface area contributed by atoms with E-state index in [0.29, 0.717) is 0 Å². The fourth-order valence-corrected chi connectivity index (χ4v) is 12.6. The Kier molecular flexibility index (Phi) is 11.3. The van der Waals surface area contributed by atoms with Gasteiger partial charge < -0.3 is 4.90 Å². The maximum Gasteiger partial charge on any atom is 0.0467 e. The molecular formula is C78H51N. The zero-order valence-electron chi connectivity index (χ0n) is 43.4. The lowest BCUT2D eigenvalue weighted by atomic mass is 9.89. The number of nitrogens with zero attached hydrogens (tertiary/aromatic N) is 1. The van der Waals surface area contributed by atoms with Crippen molar-refractivity contribution in [3.8, 4) is 66.8 Å². The van der Waals surface area contributed by atoms with Crippen molar-refractivity contribution in [3.05, 3.63) is 309 Å². The quantitative estimate of drug-likeness (QED) is 0.139. The van der Waals surface area contributed by atoms with Crippen LogP contribution in [0.4, 0.5) is 17.1 Å². The highest BCUT2D eigenvalue weighted by atomic mass is 15.1. The van der Waals surface area contributed by atoms with Gasteiger partial charge in [-0.25, -0.2) is 0 Å². The third kappa shape index (κ3) is 8.02. The van der Waals surface area contributed by atoms with Gasteiger partial charge in [-0.1, -0.05) is 273 Å². The van der Waals surface area contributed by atoms with Crippen LogP contribution in [0.1, 0.15) is 0 Å². The van der Waals surface area contributed by atoms with Gasteiger partial charge in [0.2, 0.25) is 0 Å². The van der Waals surface area contributed by atoms with Gasteiger partial charge in [-0.3, -0.25) is 0 Å². The summed E-state index contributed by atoms with van der Waals surface area (Å²) >= 11 is 0. The van der Waals surface area contributed by atoms with E-state index < -0.39 is 0 Å². The van der Waals surface area contributed by atoms with E-state index in [1.54, 1.807) is 0 Å². The van der Waals surface area contributed by atoms with Crippen LogP contribution >= 0.6 is 0 Å². The van der Waals surface area contributed by atoms with E-state index in [9.17, 15) is 0 Å². The number of rotatable bonds is 9. The SMILES string of the molecule is c1cc(-c2ccc(-c3cccc4ccccc34)c3ccccc23)cc(N(c2cccc(-c3ccc(-c4cccc5ccccc45)c4ccccc34)c2)c2cccc(-c3ccc(-c4cccc5ccccc45)c4ccccc34)c2)c1. The first-order chi connectivity index (χ1) is 39.2. The van der Waals surface area contributed by atoms with Crippen molar-refractivity contribution in [1.82, 2.24) is 0 Å². The number of benzene rings is 15. The Balaban J connectivity index is 0.894. The molecule has 79 heavy (non-hydrogen) atoms. The molecule has 15 rings (SSSR count). The number of anilines is 3. The van der Waals surface area contributed by atoms with Crippen molar-refractivity contribution in [2.45, 2.75) is 0 Å². The Labute approximate surface area is 460 Å². The van der Waals surface area contributed by atoms with Crippen LogP contribution in [0.25, 0.3) is 131 Å². The Morgan fingerprint density at radius 1 is 0.152 bits per heavy atom. The molecule has 0 amide bonds. The maximum absolute atomic E-state index is 2.45. The third-order valence-corrected chi connectivity index (χ3v) is 16.3. The van der Waals surface area contributed by atoms with Crippen LogP contribution < -0.4 is 4.90 Å². The van der Waals surface area contributed by atoms with Gasteiger partial charge in [0.05, 0.1) is 0 Å². The van der Waals surface area contributed by atoms with E-state index in [-0.39, 0.29) is 0 Å². The molecule has 0 N–H and O–H groups in total. The van der Waals surface area contributed by atoms with E-state index in [1.165, 1.54) is 115 Å². The van der Waals surface area contributed by atoms with Gasteiger partial charge in [-0.15, -0.1) is 0 Å². The van der Waals surface area contributed by atoms with E-state index in [1.807, 2.05) is 0 Å². The lowest BCUT2D eigenvalue weighted by Gasteiger charge is -2.27. The Hall–Kier alpha value is -10.3. The molecule has 1 heteroatoms. The minimum absolute atomic E-state index is 1.07. The van der Waals surface area contributed by atoms with Crippen LogP contribution in [-0.2, 0) is 0 Å². The smallest absolute Gasteiger partial charge is 0.0467 e. The lowest BCUT2D eigenvalue weighted by molar-refractivity contribution is 1.28. The molecule has 1 nitrogen and oxygen atoms in total. The highest BCUT2D eigenvalue weighted by molar-refractivity contribution is 6.13. The molecule has 368 valence electrons. The molecule has 0 spiro atoms. The molecule has 0 saturated heterocycles. The molecule has 0 fully saturated rings. The zero-order valence-corrected chi connectivity index (χ0v) is 43.4. The normalized spacial score (nSPS) is 11.5. The molecular weight excluding hydrogens is 951 g/mol. The van der Waals surface area contributed by atoms with Crippen LogP contribution in [0.5, 0.6) is 0 Å². The van der Waals surface area contributed by atoms with Gasteiger partial charge in [-0.2, -0.15) is 0 Å². The fourth-order valence-electron chi connectivity index (χ4n) is 12.6. The predicted octanol–water partition coefficient (Wildman–Crippen LogP) is 22.1. The first-order valence-electron chi connectivity index (χ1n) is 27.3. The average Bonchev–Trinajstić information content (AvgIpc) is 3.56. The van der Waals surface area contributed by atoms with Crippen LogP contribution in [0, 0.1) is 0 Å². The second-order valence-electron chi connectivity index (χ2n) is 20.7. The molecule has 15 aromatic carbocycles. The standard InChI is InChI=1S/C78H51N/c1-4-31-61-52(19-1)22-16-40-70(61)76-46-43-64(67-34-7-10-37-73(67)76)55-25-13-28-58(49-55)79(59-29-14-26-56(50-59)65-44-47-77(74-38-11-8-35-68(65)74)71-41-17-23-53-20-2-5-32-62(53)71)60-30-15-27-57(51-60)66-45-48-78(75-39-12-9-36-69(66)75)72-42-18-24-54-21-3-6-33-63(54)72/h1-51H. The summed E-state index contributed by atoms with van der Waals surface area (Å²) < 4.78 is 0. The van der Waals surface area contributed by atoms with Crippen LogP contribution in [-0.4, -0.2) is 0 Å². The van der Waals surface area contributed by atoms with Gasteiger partial charge in [0.15, 0.2) is 0 Å². The summed E-state index contributed by atoms with van der Waals surface area (Å²) in [7, 11) is 0. The fraction of sp³-hybridized carbons (Fsp3) is 0. The topological polar surface area (TPSA) is 3.24 Å². The molecule has 15 aromatic rings. The highest BCUT2D eigenvalue weighted by Crippen LogP contribution is 2.46. The van der Waals surface area contributed by atoms with E-state index in [2.05, 4.69) is 314 Å². The largest absolute Gasteiger partial charge is 0.310 e. The minimum Gasteiger partial charge on any atom is -0.310 e. The minimum atomic E-state index is 1.07. The van der Waals surface area contributed by atoms with Gasteiger partial charge in [0.1, 0.15) is 0 Å². The second kappa shape index (κ2) is 19.3. The van der Waals surface area contributed by atoms with Crippen molar-refractivity contribution < 1.29 is 0 Å². The Bertz CT molecular complexity index is 4360. The third-order valence-electron chi connectivity index (χ3n) is 16.3. The molecule has 0 bridgehead atoms. The number of hydrogen-bond donors (Lipinski definition) is 0. The summed E-state index contributed by atoms with van der Waals surface area (Å²) in [6.07, 6.45) is 0. The zero-order chi connectivity index (χ0) is 52.2. The summed E-state index contributed by atoms with van der Waals surface area (Å²) in [6, 6.07) is 114. The molecule has 0 heterocycles. The van der Waals surface area contributed by atoms with Crippen LogP contribution in [0.3, 0.4) is 0 Å². The average molecular weight is 1000 g/mol. The van der Waals surface area contributed by atoms with Crippen LogP contribution in [0.15, 0.2) is 309 Å². The molecule has 0 saturated carbocycles. The molecule has 0 unspecified atom stereocenters. The van der Waals surface area contributed by atoms with Crippen molar-refractivity contribution in [2.24, 2.45) is 0 Å². The van der Waals surface area contributed by atoms with Gasteiger partial charge >= 0.3 is 0 Å². The van der Waals surface area contributed by atoms with Crippen molar-refractivity contribution in [2.75, 3.05) is 4.90 Å². The summed E-state index contributed by atoms with van der Waals surface area (Å²) in [6.45, 7) is 0. The van der Waals surface area contributed by atoms with Gasteiger partial charge in [-0.05, 0) is 168 Å². The molecule has 0 radical (unpaired) electrons. The van der Waals surface area contributed by atoms with Crippen molar-refractivity contribution in [3.63, 3.8) is 0 Å². The maximum atomic E-state index is 2.45. The van der Waals surface area contributed by atoms with E-state index in [4.69, 9.17) is 0 Å². The van der Waals surface area contributed by atoms with Gasteiger partial charge in [0.25, 0.3) is 0 Å². The highest BCUT2D eigenvalue weighted by Gasteiger charge is 2.20. The van der Waals surface area contributed by atoms with E-state index >= 15 is 0 Å². The number of fused-ring (bicyclic) bond motifs is 6. The van der Waals surface area contributed by atoms with Crippen LogP contribution in [0.2, 0.25) is 0 Å². The summed E-state index contributed by atoms with van der Waals surface area (Å²) in [4.78, 5) is 2.45. The molecule has 0 aliphatic rings. The Morgan fingerprint density at radius 2 is 0.367 bits per heavy atom. The first-order valence-corrected chi connectivity index (χ1v) is 27.3. The Morgan fingerprint density at radius 3 is 0.671 bits per heavy atom. The van der Waals surface area contributed by atoms with Crippen molar-refractivity contribution in [1.29, 1.82) is 0 Å². The lowest BCUT2D eigenvalue weighted by Crippen LogP contribution is -2.10. The summed E-state index contributed by atoms with van der Waals surface area (Å²) in [5.41, 5.74) is 17.7. The summed E-state index contributed by atoms with van der Waals surface area (Å²) in [5.74, 6) is 0. The first kappa shape index (κ1) is 46.0. The molecule has 0 aliphatic carbocycles. The predicted molar refractivity (Wildman–Crippen MR) is 339 cm³/mol. The molecule has 0 aliphatic heterocycles. The van der Waals surface area contributed by atoms with Gasteiger partial charge in [0, 0.05) is 17.1 Å². The van der Waals surface area contributed by atoms with Crippen molar-refractivity contribution >= 4 is 81.7 Å². The number of hydrogen-bond acceptors (Lipinski definition) is 1. The second-order valence-corrected chi connectivity index (χ2v) is 20.7. The molecule has 0 atom stereocenters. The van der Waals surface area contributed by atoms with E-state index in [0.717, 1.165) is 33.8 Å². The molecule has 0 aromatic heterocycles. The summed E-state index contributed by atoms with van der Waals surface area (Å²) in [5, 5.41) is 14.9. The monoisotopic (exact) mass is 1000 g/mol.